The zero-order chi connectivity index (χ0) is 29.1. The van der Waals surface area contributed by atoms with E-state index >= 15 is 0 Å². The molecule has 0 aliphatic carbocycles. The summed E-state index contributed by atoms with van der Waals surface area (Å²) in [4.78, 5) is 17.1. The Kier molecular flexibility index (Phi) is 9.47. The van der Waals surface area contributed by atoms with Crippen LogP contribution in [0.15, 0.2) is 30.3 Å². The summed E-state index contributed by atoms with van der Waals surface area (Å²) in [6, 6.07) is 9.70. The molecular weight excluding hydrogens is 528 g/mol. The standard InChI is InChI=1S/C31H44N2O6S/c1-30(2,3)23-16-21(17-24(28(23)36)31(4,5)6)29-33(27(35)19-40-29)11-7-10-32(12-14-34)13-15-37-22-8-9-25-26(18-22)39-20-38-25/h8-9,16-18,29,34,36H,7,10-15,19-20H2,1-6H3. The lowest BCUT2D eigenvalue weighted by molar-refractivity contribution is -0.128. The molecule has 1 atom stereocenters. The van der Waals surface area contributed by atoms with Crippen LogP contribution in [0.2, 0.25) is 0 Å². The van der Waals surface area contributed by atoms with E-state index < -0.39 is 0 Å². The number of phenolic OH excluding ortho intramolecular Hbond substituents is 1. The number of phenols is 1. The summed E-state index contributed by atoms with van der Waals surface area (Å²) in [7, 11) is 0. The van der Waals surface area contributed by atoms with E-state index in [1.807, 2.05) is 23.1 Å². The van der Waals surface area contributed by atoms with Crippen molar-refractivity contribution in [3.05, 3.63) is 47.0 Å². The fourth-order valence-corrected chi connectivity index (χ4v) is 6.31. The molecule has 2 aliphatic heterocycles. The van der Waals surface area contributed by atoms with Gasteiger partial charge in [0.2, 0.25) is 12.7 Å². The maximum absolute atomic E-state index is 13.0. The minimum atomic E-state index is -0.230. The van der Waals surface area contributed by atoms with E-state index in [1.54, 1.807) is 11.8 Å². The number of aliphatic hydroxyl groups excluding tert-OH is 1. The molecule has 9 heteroatoms. The Morgan fingerprint density at radius 2 is 1.68 bits per heavy atom. The second-order valence-corrected chi connectivity index (χ2v) is 13.6. The molecule has 1 fully saturated rings. The lowest BCUT2D eigenvalue weighted by Gasteiger charge is -2.31. The predicted octanol–water partition coefficient (Wildman–Crippen LogP) is 5.05. The zero-order valence-corrected chi connectivity index (χ0v) is 25.5. The van der Waals surface area contributed by atoms with Gasteiger partial charge < -0.3 is 29.3 Å². The Morgan fingerprint density at radius 1 is 1.00 bits per heavy atom. The molecule has 1 saturated heterocycles. The number of carbonyl (C=O) groups is 1. The topological polar surface area (TPSA) is 91.7 Å². The predicted molar refractivity (Wildman–Crippen MR) is 159 cm³/mol. The molecule has 8 nitrogen and oxygen atoms in total. The van der Waals surface area contributed by atoms with Crippen molar-refractivity contribution in [1.82, 2.24) is 9.80 Å². The summed E-state index contributed by atoms with van der Waals surface area (Å²) in [5, 5.41) is 20.7. The molecule has 0 radical (unpaired) electrons. The van der Waals surface area contributed by atoms with Crippen molar-refractivity contribution in [3.63, 3.8) is 0 Å². The number of nitrogens with zero attached hydrogens (tertiary/aromatic N) is 2. The molecule has 0 bridgehead atoms. The van der Waals surface area contributed by atoms with E-state index in [2.05, 4.69) is 58.6 Å². The number of fused-ring (bicyclic) bond motifs is 1. The van der Waals surface area contributed by atoms with Gasteiger partial charge in [-0.05, 0) is 58.2 Å². The molecule has 0 aromatic heterocycles. The molecule has 40 heavy (non-hydrogen) atoms. The second kappa shape index (κ2) is 12.5. The van der Waals surface area contributed by atoms with Gasteiger partial charge >= 0.3 is 0 Å². The summed E-state index contributed by atoms with van der Waals surface area (Å²) in [6.07, 6.45) is 0.781. The number of hydrogen-bond acceptors (Lipinski definition) is 8. The van der Waals surface area contributed by atoms with Gasteiger partial charge in [-0.1, -0.05) is 41.5 Å². The maximum Gasteiger partial charge on any atom is 0.233 e. The van der Waals surface area contributed by atoms with E-state index in [0.717, 1.165) is 35.4 Å². The van der Waals surface area contributed by atoms with Crippen molar-refractivity contribution >= 4 is 17.7 Å². The molecule has 2 aliphatic rings. The summed E-state index contributed by atoms with van der Waals surface area (Å²) in [6.45, 7) is 16.0. The number of aromatic hydroxyl groups is 1. The van der Waals surface area contributed by atoms with Gasteiger partial charge in [0.25, 0.3) is 0 Å². The van der Waals surface area contributed by atoms with Crippen LogP contribution in [0.4, 0.5) is 0 Å². The number of amides is 1. The fraction of sp³-hybridized carbons (Fsp3) is 0.581. The largest absolute Gasteiger partial charge is 0.507 e. The molecule has 220 valence electrons. The SMILES string of the molecule is CC(C)(C)c1cc(C2SCC(=O)N2CCCN(CCO)CCOc2ccc3c(c2)OCO3)cc(C(C)(C)C)c1O. The molecule has 1 unspecified atom stereocenters. The highest BCUT2D eigenvalue weighted by molar-refractivity contribution is 8.00. The van der Waals surface area contributed by atoms with Gasteiger partial charge in [-0.25, -0.2) is 0 Å². The van der Waals surface area contributed by atoms with Crippen molar-refractivity contribution in [3.8, 4) is 23.0 Å². The van der Waals surface area contributed by atoms with E-state index in [9.17, 15) is 15.0 Å². The highest BCUT2D eigenvalue weighted by Gasteiger charge is 2.35. The van der Waals surface area contributed by atoms with Gasteiger partial charge in [-0.3, -0.25) is 9.69 Å². The van der Waals surface area contributed by atoms with E-state index in [4.69, 9.17) is 14.2 Å². The molecule has 2 N–H and O–H groups in total. The Labute approximate surface area is 242 Å². The first-order chi connectivity index (χ1) is 18.9. The third-order valence-electron chi connectivity index (χ3n) is 7.31. The van der Waals surface area contributed by atoms with Gasteiger partial charge in [0.15, 0.2) is 11.5 Å². The minimum absolute atomic E-state index is 0.0593. The van der Waals surface area contributed by atoms with Crippen LogP contribution in [0.5, 0.6) is 23.0 Å². The second-order valence-electron chi connectivity index (χ2n) is 12.5. The lowest BCUT2D eigenvalue weighted by Crippen LogP contribution is -2.35. The quantitative estimate of drug-likeness (QED) is 0.387. The first kappa shape index (κ1) is 30.3. The van der Waals surface area contributed by atoms with E-state index in [0.29, 0.717) is 49.2 Å². The number of aliphatic hydroxyl groups is 1. The average molecular weight is 573 g/mol. The molecule has 0 spiro atoms. The Balaban J connectivity index is 1.39. The average Bonchev–Trinajstić information content (AvgIpc) is 3.49. The van der Waals surface area contributed by atoms with Gasteiger partial charge in [0.1, 0.15) is 23.5 Å². The van der Waals surface area contributed by atoms with E-state index in [1.165, 1.54) is 0 Å². The molecule has 0 saturated carbocycles. The number of ether oxygens (including phenoxy) is 3. The van der Waals surface area contributed by atoms with Crippen LogP contribution in [0.3, 0.4) is 0 Å². The van der Waals surface area contributed by atoms with Gasteiger partial charge in [-0.15, -0.1) is 11.8 Å². The molecular formula is C31H44N2O6S. The third-order valence-corrected chi connectivity index (χ3v) is 8.57. The number of benzene rings is 2. The Morgan fingerprint density at radius 3 is 2.33 bits per heavy atom. The van der Waals surface area contributed by atoms with Crippen molar-refractivity contribution < 1.29 is 29.2 Å². The van der Waals surface area contributed by atoms with Gasteiger partial charge in [0, 0.05) is 32.2 Å². The monoisotopic (exact) mass is 572 g/mol. The number of hydrogen-bond donors (Lipinski definition) is 2. The summed E-state index contributed by atoms with van der Waals surface area (Å²) in [5.74, 6) is 3.06. The minimum Gasteiger partial charge on any atom is -0.507 e. The Hall–Kier alpha value is -2.62. The number of thioether (sulfide) groups is 1. The lowest BCUT2D eigenvalue weighted by atomic mass is 9.78. The molecule has 2 heterocycles. The van der Waals surface area contributed by atoms with Gasteiger partial charge in [-0.2, -0.15) is 0 Å². The highest BCUT2D eigenvalue weighted by atomic mass is 32.2. The van der Waals surface area contributed by atoms with Crippen LogP contribution < -0.4 is 14.2 Å². The summed E-state index contributed by atoms with van der Waals surface area (Å²) >= 11 is 1.65. The van der Waals surface area contributed by atoms with Crippen molar-refractivity contribution in [2.75, 3.05) is 51.9 Å². The number of rotatable bonds is 11. The first-order valence-electron chi connectivity index (χ1n) is 14.0. The summed E-state index contributed by atoms with van der Waals surface area (Å²) < 4.78 is 16.7. The molecule has 2 aromatic rings. The van der Waals surface area contributed by atoms with Gasteiger partial charge in [0.05, 0.1) is 12.4 Å². The Bertz CT molecular complexity index is 1150. The molecule has 2 aromatic carbocycles. The van der Waals surface area contributed by atoms with Crippen molar-refractivity contribution in [2.45, 2.75) is 64.2 Å². The number of carbonyl (C=O) groups excluding carboxylic acids is 1. The fourth-order valence-electron chi connectivity index (χ4n) is 5.12. The normalized spacial score (nSPS) is 17.2. The molecule has 4 rings (SSSR count). The van der Waals surface area contributed by atoms with Crippen LogP contribution in [0.1, 0.15) is 70.0 Å². The maximum atomic E-state index is 13.0. The van der Waals surface area contributed by atoms with Crippen molar-refractivity contribution in [2.24, 2.45) is 0 Å². The van der Waals surface area contributed by atoms with Crippen molar-refractivity contribution in [1.29, 1.82) is 0 Å². The van der Waals surface area contributed by atoms with Crippen LogP contribution in [-0.2, 0) is 15.6 Å². The van der Waals surface area contributed by atoms with Crippen LogP contribution >= 0.6 is 11.8 Å². The summed E-state index contributed by atoms with van der Waals surface area (Å²) in [5.41, 5.74) is 2.42. The van der Waals surface area contributed by atoms with Crippen LogP contribution in [0, 0.1) is 0 Å². The third kappa shape index (κ3) is 7.17. The zero-order valence-electron chi connectivity index (χ0n) is 24.7. The molecule has 1 amide bonds. The van der Waals surface area contributed by atoms with E-state index in [-0.39, 0.29) is 35.5 Å². The first-order valence-corrected chi connectivity index (χ1v) is 15.1. The van der Waals surface area contributed by atoms with Crippen LogP contribution in [-0.4, -0.2) is 77.9 Å². The smallest absolute Gasteiger partial charge is 0.233 e. The highest BCUT2D eigenvalue weighted by Crippen LogP contribution is 2.45. The van der Waals surface area contributed by atoms with Crippen LogP contribution in [0.25, 0.3) is 0 Å².